The summed E-state index contributed by atoms with van der Waals surface area (Å²) in [5.74, 6) is 0.573. The van der Waals surface area contributed by atoms with Gasteiger partial charge in [-0.25, -0.2) is 15.0 Å². The van der Waals surface area contributed by atoms with Crippen molar-refractivity contribution in [2.24, 2.45) is 0 Å². The lowest BCUT2D eigenvalue weighted by atomic mass is 10.3. The van der Waals surface area contributed by atoms with Crippen LogP contribution in [-0.2, 0) is 5.75 Å². The molecule has 0 spiro atoms. The van der Waals surface area contributed by atoms with Crippen LogP contribution in [0.5, 0.6) is 0 Å². The average molecular weight is 284 g/mol. The smallest absolute Gasteiger partial charge is 0.258 e. The Morgan fingerprint density at radius 1 is 1.25 bits per heavy atom. The number of thioether (sulfide) groups is 1. The van der Waals surface area contributed by atoms with Gasteiger partial charge in [0.2, 0.25) is 0 Å². The Bertz CT molecular complexity index is 801. The summed E-state index contributed by atoms with van der Waals surface area (Å²) in [6.45, 7) is 1.94. The molecule has 6 heteroatoms. The van der Waals surface area contributed by atoms with Gasteiger partial charge in [0.15, 0.2) is 5.16 Å². The van der Waals surface area contributed by atoms with Crippen LogP contribution in [0.4, 0.5) is 0 Å². The second kappa shape index (κ2) is 5.42. The summed E-state index contributed by atoms with van der Waals surface area (Å²) in [4.78, 5) is 24.9. The summed E-state index contributed by atoms with van der Waals surface area (Å²) < 4.78 is 1.56. The van der Waals surface area contributed by atoms with Gasteiger partial charge >= 0.3 is 0 Å². The Hall–Kier alpha value is -2.21. The van der Waals surface area contributed by atoms with E-state index in [-0.39, 0.29) is 5.56 Å². The molecule has 3 rings (SSSR count). The molecule has 0 bridgehead atoms. The van der Waals surface area contributed by atoms with Crippen LogP contribution in [0.15, 0.2) is 52.8 Å². The van der Waals surface area contributed by atoms with Crippen LogP contribution in [0.25, 0.3) is 5.65 Å². The van der Waals surface area contributed by atoms with Crippen molar-refractivity contribution in [2.45, 2.75) is 17.8 Å². The van der Waals surface area contributed by atoms with E-state index in [1.54, 1.807) is 35.1 Å². The minimum atomic E-state index is -0.0664. The topological polar surface area (TPSA) is 60.2 Å². The molecular formula is C14H12N4OS. The summed E-state index contributed by atoms with van der Waals surface area (Å²) in [5.41, 5.74) is 2.35. The van der Waals surface area contributed by atoms with Crippen LogP contribution in [0, 0.1) is 6.92 Å². The molecule has 0 saturated heterocycles. The van der Waals surface area contributed by atoms with E-state index < -0.39 is 0 Å². The van der Waals surface area contributed by atoms with Gasteiger partial charge in [-0.3, -0.25) is 9.20 Å². The van der Waals surface area contributed by atoms with Crippen molar-refractivity contribution in [3.05, 3.63) is 64.5 Å². The molecule has 20 heavy (non-hydrogen) atoms. The minimum absolute atomic E-state index is 0.0664. The van der Waals surface area contributed by atoms with Crippen LogP contribution in [0.3, 0.4) is 0 Å². The largest absolute Gasteiger partial charge is 0.269 e. The summed E-state index contributed by atoms with van der Waals surface area (Å²) in [5, 5.41) is 0.680. The van der Waals surface area contributed by atoms with Gasteiger partial charge in [-0.2, -0.15) is 0 Å². The third-order valence-corrected chi connectivity index (χ3v) is 3.74. The molecule has 100 valence electrons. The number of nitrogens with zero attached hydrogens (tertiary/aromatic N) is 4. The van der Waals surface area contributed by atoms with Crippen LogP contribution >= 0.6 is 11.8 Å². The van der Waals surface area contributed by atoms with Gasteiger partial charge in [0.25, 0.3) is 5.56 Å². The van der Waals surface area contributed by atoms with E-state index in [2.05, 4.69) is 15.0 Å². The predicted molar refractivity (Wildman–Crippen MR) is 77.8 cm³/mol. The number of aromatic nitrogens is 4. The predicted octanol–water partition coefficient (Wildman–Crippen LogP) is 2.09. The molecule has 0 aliphatic carbocycles. The number of fused-ring (bicyclic) bond motifs is 1. The van der Waals surface area contributed by atoms with E-state index in [1.807, 2.05) is 19.1 Å². The molecule has 3 aromatic heterocycles. The summed E-state index contributed by atoms with van der Waals surface area (Å²) in [6, 6.07) is 7.12. The highest BCUT2D eigenvalue weighted by Crippen LogP contribution is 2.17. The van der Waals surface area contributed by atoms with Crippen molar-refractivity contribution in [3.8, 4) is 0 Å². The summed E-state index contributed by atoms with van der Waals surface area (Å²) in [7, 11) is 0. The first-order chi connectivity index (χ1) is 9.74. The Kier molecular flexibility index (Phi) is 3.47. The van der Waals surface area contributed by atoms with Crippen molar-refractivity contribution in [2.75, 3.05) is 0 Å². The number of hydrogen-bond acceptors (Lipinski definition) is 5. The molecule has 3 heterocycles. The fourth-order valence-electron chi connectivity index (χ4n) is 1.88. The lowest BCUT2D eigenvalue weighted by Gasteiger charge is -2.05. The Morgan fingerprint density at radius 3 is 2.85 bits per heavy atom. The quantitative estimate of drug-likeness (QED) is 0.544. The minimum Gasteiger partial charge on any atom is -0.269 e. The number of hydrogen-bond donors (Lipinski definition) is 0. The maximum Gasteiger partial charge on any atom is 0.258 e. The molecule has 0 unspecified atom stereocenters. The molecule has 0 atom stereocenters. The van der Waals surface area contributed by atoms with Gasteiger partial charge in [0, 0.05) is 30.4 Å². The Labute approximate surface area is 119 Å². The first kappa shape index (κ1) is 12.8. The van der Waals surface area contributed by atoms with Crippen molar-refractivity contribution in [1.82, 2.24) is 19.4 Å². The summed E-state index contributed by atoms with van der Waals surface area (Å²) >= 11 is 1.46. The fraction of sp³-hybridized carbons (Fsp3) is 0.143. The first-order valence-corrected chi connectivity index (χ1v) is 7.10. The number of aryl methyl sites for hydroxylation is 1. The third-order valence-electron chi connectivity index (χ3n) is 2.83. The van der Waals surface area contributed by atoms with Crippen molar-refractivity contribution in [3.63, 3.8) is 0 Å². The molecule has 0 amide bonds. The van der Waals surface area contributed by atoms with E-state index in [1.165, 1.54) is 11.8 Å². The van der Waals surface area contributed by atoms with Gasteiger partial charge in [-0.05, 0) is 24.6 Å². The first-order valence-electron chi connectivity index (χ1n) is 6.12. The Morgan fingerprint density at radius 2 is 2.05 bits per heavy atom. The summed E-state index contributed by atoms with van der Waals surface area (Å²) in [6.07, 6.45) is 5.12. The van der Waals surface area contributed by atoms with Crippen LogP contribution in [0.1, 0.15) is 11.3 Å². The maximum absolute atomic E-state index is 12.0. The Balaban J connectivity index is 1.93. The lowest BCUT2D eigenvalue weighted by molar-refractivity contribution is 0.960. The van der Waals surface area contributed by atoms with E-state index in [9.17, 15) is 4.79 Å². The normalized spacial score (nSPS) is 10.8. The van der Waals surface area contributed by atoms with E-state index >= 15 is 0 Å². The van der Waals surface area contributed by atoms with Crippen molar-refractivity contribution in [1.29, 1.82) is 0 Å². The van der Waals surface area contributed by atoms with Crippen LogP contribution < -0.4 is 5.56 Å². The van der Waals surface area contributed by atoms with Gasteiger partial charge in [0.05, 0.1) is 5.69 Å². The van der Waals surface area contributed by atoms with Gasteiger partial charge < -0.3 is 0 Å². The second-order valence-electron chi connectivity index (χ2n) is 4.29. The van der Waals surface area contributed by atoms with E-state index in [4.69, 9.17) is 0 Å². The highest BCUT2D eigenvalue weighted by atomic mass is 32.2. The number of rotatable bonds is 3. The zero-order valence-electron chi connectivity index (χ0n) is 10.9. The standard InChI is InChI=1S/C14H12N4OS/c1-10-4-2-7-18-12(19)8-11(17-13(10)18)9-20-14-15-5-3-6-16-14/h2-8H,9H2,1H3. The lowest BCUT2D eigenvalue weighted by Crippen LogP contribution is -2.15. The van der Waals surface area contributed by atoms with E-state index in [0.717, 1.165) is 11.3 Å². The molecule has 0 radical (unpaired) electrons. The molecule has 0 fully saturated rings. The zero-order valence-corrected chi connectivity index (χ0v) is 11.7. The van der Waals surface area contributed by atoms with Crippen molar-refractivity contribution < 1.29 is 0 Å². The molecule has 0 aliphatic rings. The maximum atomic E-state index is 12.0. The molecule has 0 aromatic carbocycles. The van der Waals surface area contributed by atoms with Gasteiger partial charge in [-0.15, -0.1) is 0 Å². The van der Waals surface area contributed by atoms with E-state index in [0.29, 0.717) is 16.6 Å². The highest BCUT2D eigenvalue weighted by molar-refractivity contribution is 7.98. The number of pyridine rings is 1. The molecule has 0 saturated carbocycles. The van der Waals surface area contributed by atoms with Gasteiger partial charge in [0.1, 0.15) is 5.65 Å². The molecular weight excluding hydrogens is 272 g/mol. The fourth-order valence-corrected chi connectivity index (χ4v) is 2.58. The van der Waals surface area contributed by atoms with Crippen LogP contribution in [-0.4, -0.2) is 19.4 Å². The van der Waals surface area contributed by atoms with Crippen LogP contribution in [0.2, 0.25) is 0 Å². The molecule has 3 aromatic rings. The highest BCUT2D eigenvalue weighted by Gasteiger charge is 2.05. The van der Waals surface area contributed by atoms with Gasteiger partial charge in [-0.1, -0.05) is 17.8 Å². The zero-order chi connectivity index (χ0) is 13.9. The molecule has 5 nitrogen and oxygen atoms in total. The molecule has 0 aliphatic heterocycles. The molecule has 0 N–H and O–H groups in total. The second-order valence-corrected chi connectivity index (χ2v) is 5.23. The van der Waals surface area contributed by atoms with Crippen molar-refractivity contribution >= 4 is 17.4 Å². The third kappa shape index (κ3) is 2.55. The SMILES string of the molecule is Cc1cccn2c(=O)cc(CSc3ncccn3)nc12. The average Bonchev–Trinajstić information content (AvgIpc) is 2.47. The monoisotopic (exact) mass is 284 g/mol.